The molecule has 0 amide bonds. The molecule has 2 rings (SSSR count). The van der Waals surface area contributed by atoms with Gasteiger partial charge in [0.25, 0.3) is 5.69 Å². The first-order chi connectivity index (χ1) is 9.17. The quantitative estimate of drug-likeness (QED) is 0.620. The Morgan fingerprint density at radius 3 is 2.53 bits per heavy atom. The van der Waals surface area contributed by atoms with Crippen molar-refractivity contribution in [3.63, 3.8) is 0 Å². The number of nitro groups is 1. The van der Waals surface area contributed by atoms with Crippen LogP contribution in [0.4, 0.5) is 5.69 Å². The van der Waals surface area contributed by atoms with Gasteiger partial charge in [0.1, 0.15) is 0 Å². The van der Waals surface area contributed by atoms with E-state index in [0.29, 0.717) is 0 Å². The van der Waals surface area contributed by atoms with Gasteiger partial charge in [-0.25, -0.2) is 0 Å². The predicted octanol–water partition coefficient (Wildman–Crippen LogP) is 3.94. The summed E-state index contributed by atoms with van der Waals surface area (Å²) in [7, 11) is 0. The molecule has 0 N–H and O–H groups in total. The minimum absolute atomic E-state index is 0.130. The Bertz CT molecular complexity index is 561. The second-order valence-corrected chi connectivity index (χ2v) is 3.97. The van der Waals surface area contributed by atoms with E-state index in [0.717, 1.165) is 36.0 Å². The lowest BCUT2D eigenvalue weighted by Gasteiger charge is -1.97. The third-order valence-corrected chi connectivity index (χ3v) is 2.81. The van der Waals surface area contributed by atoms with Crippen LogP contribution in [0.2, 0.25) is 0 Å². The lowest BCUT2D eigenvalue weighted by molar-refractivity contribution is -0.384. The number of hydrogen-bond acceptors (Lipinski definition) is 3. The highest BCUT2D eigenvalue weighted by Gasteiger charge is 2.13. The topological polar surface area (TPSA) is 61.0 Å². The van der Waals surface area contributed by atoms with E-state index in [4.69, 9.17) is 0 Å². The lowest BCUT2D eigenvalue weighted by atomic mass is 10.1. The summed E-state index contributed by atoms with van der Waals surface area (Å²) in [6.07, 6.45) is 1.84. The highest BCUT2D eigenvalue weighted by Crippen LogP contribution is 2.24. The van der Waals surface area contributed by atoms with Crippen LogP contribution >= 0.6 is 0 Å². The molecule has 1 aromatic heterocycles. The first-order valence-corrected chi connectivity index (χ1v) is 6.81. The Hall–Kier alpha value is -1.91. The van der Waals surface area contributed by atoms with Gasteiger partial charge in [-0.1, -0.05) is 27.2 Å². The first kappa shape index (κ1) is 15.1. The van der Waals surface area contributed by atoms with E-state index >= 15 is 0 Å². The van der Waals surface area contributed by atoms with Gasteiger partial charge in [0.2, 0.25) is 0 Å². The molecule has 5 heteroatoms. The van der Waals surface area contributed by atoms with Crippen LogP contribution in [0.15, 0.2) is 18.2 Å². The number of hydrogen-bond donors (Lipinski definition) is 0. The fraction of sp³-hybridized carbons (Fsp3) is 0.500. The fourth-order valence-electron chi connectivity index (χ4n) is 2.01. The molecule has 104 valence electrons. The molecule has 0 aliphatic heterocycles. The third-order valence-electron chi connectivity index (χ3n) is 2.81. The number of rotatable bonds is 4. The molecule has 0 bridgehead atoms. The molecule has 0 aliphatic rings. The van der Waals surface area contributed by atoms with Crippen molar-refractivity contribution in [2.75, 3.05) is 0 Å². The number of nitro benzene ring substituents is 1. The Kier molecular flexibility index (Phi) is 5.48. The van der Waals surface area contributed by atoms with Crippen LogP contribution < -0.4 is 0 Å². The van der Waals surface area contributed by atoms with Crippen molar-refractivity contribution >= 4 is 16.6 Å². The number of non-ortho nitro benzene ring substituents is 1. The number of fused-ring (bicyclic) bond motifs is 1. The van der Waals surface area contributed by atoms with Crippen LogP contribution in [0, 0.1) is 10.1 Å². The third kappa shape index (κ3) is 3.10. The summed E-state index contributed by atoms with van der Waals surface area (Å²) in [6, 6.07) is 4.94. The summed E-state index contributed by atoms with van der Waals surface area (Å²) in [4.78, 5) is 10.4. The SMILES string of the molecule is CC.CCCc1nn(CC)c2ccc([N+](=O)[O-])cc12. The van der Waals surface area contributed by atoms with Crippen molar-refractivity contribution in [2.45, 2.75) is 47.1 Å². The maximum Gasteiger partial charge on any atom is 0.270 e. The summed E-state index contributed by atoms with van der Waals surface area (Å²) < 4.78 is 1.89. The molecule has 0 radical (unpaired) electrons. The number of nitrogens with zero attached hydrogens (tertiary/aromatic N) is 3. The monoisotopic (exact) mass is 263 g/mol. The van der Waals surface area contributed by atoms with Crippen molar-refractivity contribution < 1.29 is 4.92 Å². The van der Waals surface area contributed by atoms with Gasteiger partial charge >= 0.3 is 0 Å². The molecular weight excluding hydrogens is 242 g/mol. The zero-order valence-electron chi connectivity index (χ0n) is 12.0. The minimum Gasteiger partial charge on any atom is -0.265 e. The largest absolute Gasteiger partial charge is 0.270 e. The van der Waals surface area contributed by atoms with E-state index in [1.54, 1.807) is 12.1 Å². The molecular formula is C14H21N3O2. The van der Waals surface area contributed by atoms with E-state index in [9.17, 15) is 10.1 Å². The molecule has 0 unspecified atom stereocenters. The second kappa shape index (κ2) is 6.87. The smallest absolute Gasteiger partial charge is 0.265 e. The van der Waals surface area contributed by atoms with E-state index in [2.05, 4.69) is 12.0 Å². The van der Waals surface area contributed by atoms with Crippen LogP contribution in [0.5, 0.6) is 0 Å². The average Bonchev–Trinajstić information content (AvgIpc) is 2.79. The molecule has 0 atom stereocenters. The highest BCUT2D eigenvalue weighted by molar-refractivity contribution is 5.84. The maximum absolute atomic E-state index is 10.8. The zero-order valence-corrected chi connectivity index (χ0v) is 12.0. The average molecular weight is 263 g/mol. The zero-order chi connectivity index (χ0) is 14.4. The van der Waals surface area contributed by atoms with Gasteiger partial charge in [-0.15, -0.1) is 0 Å². The number of benzene rings is 1. The molecule has 2 aromatic rings. The molecule has 5 nitrogen and oxygen atoms in total. The van der Waals surface area contributed by atoms with E-state index in [1.165, 1.54) is 6.07 Å². The van der Waals surface area contributed by atoms with Crippen molar-refractivity contribution in [1.82, 2.24) is 9.78 Å². The highest BCUT2D eigenvalue weighted by atomic mass is 16.6. The molecule has 19 heavy (non-hydrogen) atoms. The summed E-state index contributed by atoms with van der Waals surface area (Å²) in [6.45, 7) is 8.87. The molecule has 0 saturated heterocycles. The molecule has 1 aromatic carbocycles. The van der Waals surface area contributed by atoms with Crippen LogP contribution in [0.1, 0.15) is 39.8 Å². The van der Waals surface area contributed by atoms with Crippen LogP contribution in [0.3, 0.4) is 0 Å². The van der Waals surface area contributed by atoms with Crippen molar-refractivity contribution in [2.24, 2.45) is 0 Å². The van der Waals surface area contributed by atoms with Gasteiger partial charge in [0.15, 0.2) is 0 Å². The molecule has 0 aliphatic carbocycles. The Balaban J connectivity index is 0.000000861. The second-order valence-electron chi connectivity index (χ2n) is 3.97. The Morgan fingerprint density at radius 1 is 1.32 bits per heavy atom. The number of aryl methyl sites for hydroxylation is 2. The molecule has 0 fully saturated rings. The summed E-state index contributed by atoms with van der Waals surface area (Å²) in [5, 5.41) is 16.2. The molecule has 0 saturated carbocycles. The summed E-state index contributed by atoms with van der Waals surface area (Å²) in [5.41, 5.74) is 2.06. The lowest BCUT2D eigenvalue weighted by Crippen LogP contribution is -1.96. The van der Waals surface area contributed by atoms with Gasteiger partial charge < -0.3 is 0 Å². The van der Waals surface area contributed by atoms with E-state index in [1.807, 2.05) is 25.5 Å². The van der Waals surface area contributed by atoms with Gasteiger partial charge in [0, 0.05) is 24.1 Å². The minimum atomic E-state index is -0.363. The standard InChI is InChI=1S/C12H15N3O2.C2H6/c1-3-5-11-10-8-9(15(16)17)6-7-12(10)14(4-2)13-11;1-2/h6-8H,3-5H2,1-2H3;1-2H3. The van der Waals surface area contributed by atoms with Crippen molar-refractivity contribution in [3.8, 4) is 0 Å². The van der Waals surface area contributed by atoms with Gasteiger partial charge in [0.05, 0.1) is 16.1 Å². The normalized spacial score (nSPS) is 10.1. The van der Waals surface area contributed by atoms with Crippen LogP contribution in [-0.2, 0) is 13.0 Å². The molecule has 0 spiro atoms. The summed E-state index contributed by atoms with van der Waals surface area (Å²) in [5.74, 6) is 0. The van der Waals surface area contributed by atoms with Gasteiger partial charge in [-0.05, 0) is 19.4 Å². The maximum atomic E-state index is 10.8. The van der Waals surface area contributed by atoms with Crippen molar-refractivity contribution in [1.29, 1.82) is 0 Å². The van der Waals surface area contributed by atoms with Crippen molar-refractivity contribution in [3.05, 3.63) is 34.0 Å². The fourth-order valence-corrected chi connectivity index (χ4v) is 2.01. The van der Waals surface area contributed by atoms with E-state index in [-0.39, 0.29) is 10.6 Å². The van der Waals surface area contributed by atoms with Gasteiger partial charge in [-0.3, -0.25) is 14.8 Å². The van der Waals surface area contributed by atoms with Crippen LogP contribution in [-0.4, -0.2) is 14.7 Å². The molecule has 1 heterocycles. The predicted molar refractivity (Wildman–Crippen MR) is 77.4 cm³/mol. The van der Waals surface area contributed by atoms with Crippen LogP contribution in [0.25, 0.3) is 10.9 Å². The van der Waals surface area contributed by atoms with Gasteiger partial charge in [-0.2, -0.15) is 5.10 Å². The first-order valence-electron chi connectivity index (χ1n) is 6.81. The summed E-state index contributed by atoms with van der Waals surface area (Å²) >= 11 is 0. The Morgan fingerprint density at radius 2 is 2.00 bits per heavy atom. The Labute approximate surface area is 113 Å². The van der Waals surface area contributed by atoms with E-state index < -0.39 is 0 Å². The number of aromatic nitrogens is 2.